The number of piperidine rings is 2. The second-order valence-corrected chi connectivity index (χ2v) is 15.9. The number of likely N-dealkylation sites (tertiary alicyclic amines) is 1. The molecule has 63 heavy (non-hydrogen) atoms. The number of nitrogens with zero attached hydrogens (tertiary/aromatic N) is 6. The van der Waals surface area contributed by atoms with E-state index < -0.39 is 41.3 Å². The number of carbonyl (C=O) groups excluding carboxylic acids is 5. The molecule has 3 N–H and O–H groups in total. The maximum atomic E-state index is 15.1. The number of hydrogen-bond acceptors (Lipinski definition) is 14. The quantitative estimate of drug-likeness (QED) is 0.112. The zero-order valence-electron chi connectivity index (χ0n) is 34.8. The van der Waals surface area contributed by atoms with Gasteiger partial charge in [0.05, 0.1) is 49.4 Å². The minimum absolute atomic E-state index is 0.0403. The molecule has 0 saturated carbocycles. The Morgan fingerprint density at radius 2 is 1.75 bits per heavy atom. The van der Waals surface area contributed by atoms with Crippen molar-refractivity contribution in [3.05, 3.63) is 83.2 Å². The number of pyridine rings is 1. The van der Waals surface area contributed by atoms with Crippen molar-refractivity contribution in [2.24, 2.45) is 0 Å². The number of benzene rings is 2. The summed E-state index contributed by atoms with van der Waals surface area (Å²) in [7, 11) is 0. The minimum atomic E-state index is -1.05. The van der Waals surface area contributed by atoms with E-state index in [0.717, 1.165) is 29.5 Å². The number of ether oxygens (including phenoxy) is 3. The summed E-state index contributed by atoms with van der Waals surface area (Å²) in [5.41, 5.74) is 2.56. The van der Waals surface area contributed by atoms with E-state index in [4.69, 9.17) is 14.2 Å². The number of nitrogens with one attached hydrogen (secondary N) is 3. The molecule has 0 bridgehead atoms. The van der Waals surface area contributed by atoms with Crippen LogP contribution < -0.4 is 25.6 Å². The Morgan fingerprint density at radius 3 is 2.51 bits per heavy atom. The van der Waals surface area contributed by atoms with Crippen molar-refractivity contribution < 1.29 is 47.0 Å². The molecular weight excluding hydrogens is 821 g/mol. The Bertz CT molecular complexity index is 2410. The molecular formula is C44H47F2N9O8. The molecule has 0 aliphatic carbocycles. The van der Waals surface area contributed by atoms with Crippen molar-refractivity contribution in [2.75, 3.05) is 74.7 Å². The van der Waals surface area contributed by atoms with Gasteiger partial charge in [-0.25, -0.2) is 23.7 Å². The summed E-state index contributed by atoms with van der Waals surface area (Å²) in [6.07, 6.45) is 4.41. The molecule has 5 amide bonds. The predicted octanol–water partition coefficient (Wildman–Crippen LogP) is 4.42. The van der Waals surface area contributed by atoms with Crippen LogP contribution in [0.5, 0.6) is 5.75 Å². The van der Waals surface area contributed by atoms with Gasteiger partial charge < -0.3 is 34.6 Å². The van der Waals surface area contributed by atoms with E-state index in [2.05, 4.69) is 30.9 Å². The highest BCUT2D eigenvalue weighted by Gasteiger charge is 2.45. The highest BCUT2D eigenvalue weighted by Crippen LogP contribution is 2.40. The third-order valence-electron chi connectivity index (χ3n) is 11.5. The summed E-state index contributed by atoms with van der Waals surface area (Å²) in [6.45, 7) is 6.99. The molecule has 1 atom stereocenters. The topological polar surface area (TPSA) is 198 Å². The second kappa shape index (κ2) is 18.8. The van der Waals surface area contributed by atoms with Crippen molar-refractivity contribution in [1.82, 2.24) is 30.1 Å². The summed E-state index contributed by atoms with van der Waals surface area (Å²) in [5, 5.41) is 8.33. The zero-order valence-corrected chi connectivity index (χ0v) is 34.8. The van der Waals surface area contributed by atoms with E-state index in [1.54, 1.807) is 35.4 Å². The number of hydrogen-bond donors (Lipinski definition) is 3. The SMILES string of the molecule is CC(C)N1CCOc2c(F)cc(-c3nc(Nc4ccc(C5CCN(C(=O)COCCOCCNc6cccc7c6C(=O)N(C6CCC(=O)NC6=O)C7=O)CC5)cn4)ncc3F)cc21. The van der Waals surface area contributed by atoms with E-state index in [-0.39, 0.29) is 91.2 Å². The third-order valence-corrected chi connectivity index (χ3v) is 11.5. The summed E-state index contributed by atoms with van der Waals surface area (Å²) in [4.78, 5) is 80.8. The fourth-order valence-electron chi connectivity index (χ4n) is 8.29. The van der Waals surface area contributed by atoms with Crippen molar-refractivity contribution in [3.63, 3.8) is 0 Å². The standard InChI is InChI=1S/C44H47F2N9O8/c1-25(2)54-15-17-63-40-30(45)20-28(21-34(40)54)39-31(46)23-49-44(52-39)50-35-8-6-27(22-48-35)26-10-13-53(14-11-26)37(57)24-62-19-18-61-16-12-47-32-5-3-4-29-38(32)43(60)55(42(29)59)33-7-9-36(56)51-41(33)58/h3-6,8,20-23,25-26,33,47H,7,9-19,24H2,1-2H3,(H,51,56,58)(H,48,49,50,52). The van der Waals surface area contributed by atoms with E-state index >= 15 is 8.78 Å². The van der Waals surface area contributed by atoms with Crippen LogP contribution in [0.2, 0.25) is 0 Å². The molecule has 2 aromatic heterocycles. The Labute approximate surface area is 361 Å². The lowest BCUT2D eigenvalue weighted by Gasteiger charge is -2.34. The fourth-order valence-corrected chi connectivity index (χ4v) is 8.29. The van der Waals surface area contributed by atoms with Gasteiger partial charge >= 0.3 is 0 Å². The van der Waals surface area contributed by atoms with E-state index in [9.17, 15) is 24.0 Å². The predicted molar refractivity (Wildman–Crippen MR) is 225 cm³/mol. The molecule has 8 rings (SSSR count). The highest BCUT2D eigenvalue weighted by atomic mass is 19.1. The first-order chi connectivity index (χ1) is 30.5. The Hall–Kier alpha value is -6.60. The van der Waals surface area contributed by atoms with Gasteiger partial charge in [0.2, 0.25) is 23.7 Å². The number of amides is 5. The van der Waals surface area contributed by atoms with Gasteiger partial charge in [-0.2, -0.15) is 0 Å². The normalized spacial score (nSPS) is 17.7. The van der Waals surface area contributed by atoms with Gasteiger partial charge in [-0.1, -0.05) is 12.1 Å². The van der Waals surface area contributed by atoms with E-state index in [1.165, 1.54) is 12.1 Å². The monoisotopic (exact) mass is 867 g/mol. The van der Waals surface area contributed by atoms with Crippen LogP contribution in [-0.2, 0) is 23.9 Å². The third kappa shape index (κ3) is 9.29. The number of aromatic nitrogens is 3. The second-order valence-electron chi connectivity index (χ2n) is 15.9. The molecule has 2 aromatic carbocycles. The first-order valence-electron chi connectivity index (χ1n) is 21.0. The number of imide groups is 2. The van der Waals surface area contributed by atoms with Crippen LogP contribution >= 0.6 is 0 Å². The summed E-state index contributed by atoms with van der Waals surface area (Å²) in [5.74, 6) is -2.78. The molecule has 19 heteroatoms. The molecule has 0 spiro atoms. The number of anilines is 4. The molecule has 2 saturated heterocycles. The van der Waals surface area contributed by atoms with E-state index in [0.29, 0.717) is 50.0 Å². The van der Waals surface area contributed by atoms with Gasteiger partial charge in [0.15, 0.2) is 17.4 Å². The average molecular weight is 868 g/mol. The largest absolute Gasteiger partial charge is 0.486 e. The van der Waals surface area contributed by atoms with Crippen molar-refractivity contribution in [1.29, 1.82) is 0 Å². The van der Waals surface area contributed by atoms with Gasteiger partial charge in [0, 0.05) is 49.5 Å². The molecule has 17 nitrogen and oxygen atoms in total. The first kappa shape index (κ1) is 43.1. The van der Waals surface area contributed by atoms with Crippen LogP contribution in [0.4, 0.5) is 31.9 Å². The molecule has 330 valence electrons. The lowest BCUT2D eigenvalue weighted by Crippen LogP contribution is -2.54. The van der Waals surface area contributed by atoms with Gasteiger partial charge in [-0.05, 0) is 74.9 Å². The van der Waals surface area contributed by atoms with Crippen molar-refractivity contribution >= 4 is 52.7 Å². The fraction of sp³-hybridized carbons (Fsp3) is 0.409. The molecule has 1 unspecified atom stereocenters. The smallest absolute Gasteiger partial charge is 0.264 e. The van der Waals surface area contributed by atoms with Crippen LogP contribution in [0.15, 0.2) is 54.9 Å². The number of fused-ring (bicyclic) bond motifs is 2. The van der Waals surface area contributed by atoms with Crippen molar-refractivity contribution in [2.45, 2.75) is 57.5 Å². The molecule has 4 aromatic rings. The Morgan fingerprint density at radius 1 is 0.937 bits per heavy atom. The molecule has 4 aliphatic rings. The van der Waals surface area contributed by atoms with E-state index in [1.807, 2.05) is 24.8 Å². The van der Waals surface area contributed by atoms with Gasteiger partial charge in [-0.3, -0.25) is 34.2 Å². The zero-order chi connectivity index (χ0) is 44.2. The average Bonchev–Trinajstić information content (AvgIpc) is 3.53. The molecule has 2 fully saturated rings. The molecule has 4 aliphatic heterocycles. The maximum Gasteiger partial charge on any atom is 0.264 e. The van der Waals surface area contributed by atoms with Crippen LogP contribution in [0, 0.1) is 11.6 Å². The number of carbonyl (C=O) groups is 5. The lowest BCUT2D eigenvalue weighted by atomic mass is 9.90. The summed E-state index contributed by atoms with van der Waals surface area (Å²) < 4.78 is 47.0. The van der Waals surface area contributed by atoms with Gasteiger partial charge in [0.1, 0.15) is 30.8 Å². The summed E-state index contributed by atoms with van der Waals surface area (Å²) >= 11 is 0. The Balaban J connectivity index is 0.743. The highest BCUT2D eigenvalue weighted by molar-refractivity contribution is 6.25. The van der Waals surface area contributed by atoms with Crippen LogP contribution in [0.25, 0.3) is 11.3 Å². The van der Waals surface area contributed by atoms with Crippen LogP contribution in [-0.4, -0.2) is 126 Å². The van der Waals surface area contributed by atoms with Gasteiger partial charge in [-0.15, -0.1) is 0 Å². The number of rotatable bonds is 15. The first-order valence-corrected chi connectivity index (χ1v) is 21.0. The van der Waals surface area contributed by atoms with Crippen LogP contribution in [0.3, 0.4) is 0 Å². The van der Waals surface area contributed by atoms with Gasteiger partial charge in [0.25, 0.3) is 11.8 Å². The molecule has 6 heterocycles. The number of halogens is 2. The molecule has 0 radical (unpaired) electrons. The Kier molecular flexibility index (Phi) is 12.8. The van der Waals surface area contributed by atoms with Crippen molar-refractivity contribution in [3.8, 4) is 17.0 Å². The maximum absolute atomic E-state index is 15.1. The minimum Gasteiger partial charge on any atom is -0.486 e. The summed E-state index contributed by atoms with van der Waals surface area (Å²) in [6, 6.07) is 10.5. The lowest BCUT2D eigenvalue weighted by molar-refractivity contribution is -0.138. The van der Waals surface area contributed by atoms with Crippen LogP contribution in [0.1, 0.15) is 71.7 Å².